The largest absolute Gasteiger partial charge is 0.508 e. The van der Waals surface area contributed by atoms with Gasteiger partial charge in [0, 0.05) is 37.3 Å². The summed E-state index contributed by atoms with van der Waals surface area (Å²) in [5.41, 5.74) is 13.5. The van der Waals surface area contributed by atoms with Crippen LogP contribution in [0.4, 0.5) is 0 Å². The van der Waals surface area contributed by atoms with Crippen molar-refractivity contribution in [2.45, 2.75) is 146 Å². The quantitative estimate of drug-likeness (QED) is 0.103. The van der Waals surface area contributed by atoms with E-state index >= 15 is 0 Å². The van der Waals surface area contributed by atoms with Crippen molar-refractivity contribution in [3.8, 4) is 11.5 Å². The second-order valence-corrected chi connectivity index (χ2v) is 18.8. The summed E-state index contributed by atoms with van der Waals surface area (Å²) >= 11 is 0. The summed E-state index contributed by atoms with van der Waals surface area (Å²) in [5.74, 6) is -4.57. The van der Waals surface area contributed by atoms with Gasteiger partial charge in [-0.15, -0.1) is 0 Å². The van der Waals surface area contributed by atoms with Gasteiger partial charge in [0.15, 0.2) is 0 Å². The minimum Gasteiger partial charge on any atom is -0.508 e. The van der Waals surface area contributed by atoms with Gasteiger partial charge in [-0.05, 0) is 112 Å². The van der Waals surface area contributed by atoms with Crippen molar-refractivity contribution >= 4 is 52.1 Å². The van der Waals surface area contributed by atoms with Crippen LogP contribution < -0.4 is 42.8 Å². The smallest absolute Gasteiger partial charge is 0.251 e. The number of fused-ring (bicyclic) bond motifs is 3. The van der Waals surface area contributed by atoms with Crippen LogP contribution in [0.3, 0.4) is 0 Å². The third kappa shape index (κ3) is 13.7. The number of ether oxygens (including phenoxy) is 1. The van der Waals surface area contributed by atoms with Crippen molar-refractivity contribution in [3.63, 3.8) is 0 Å². The summed E-state index contributed by atoms with van der Waals surface area (Å²) in [4.78, 5) is 101. The predicted molar refractivity (Wildman–Crippen MR) is 259 cm³/mol. The van der Waals surface area contributed by atoms with Crippen molar-refractivity contribution < 1.29 is 53.6 Å². The Morgan fingerprint density at radius 1 is 0.757 bits per heavy atom. The topological polar surface area (TPSA) is 308 Å². The first kappa shape index (κ1) is 53.0. The Morgan fingerprint density at radius 2 is 1.36 bits per heavy atom. The number of aromatic hydroxyl groups is 1. The van der Waals surface area contributed by atoms with Gasteiger partial charge in [0.05, 0.1) is 18.8 Å². The Kier molecular flexibility index (Phi) is 18.5. The highest BCUT2D eigenvalue weighted by Gasteiger charge is 2.45. The molecule has 3 aliphatic rings. The summed E-state index contributed by atoms with van der Waals surface area (Å²) in [6, 6.07) is 7.27. The van der Waals surface area contributed by atoms with Crippen molar-refractivity contribution in [1.82, 2.24) is 36.4 Å². The Morgan fingerprint density at radius 3 is 1.99 bits per heavy atom. The lowest BCUT2D eigenvalue weighted by Gasteiger charge is -2.32. The standard InChI is InChI=1S/C50H69N9O11/c1-4-5-6-7-21-70-37-18-15-31-22-33(14-13-32(31)23-37)44(63)54-38-9-8-20-53-47(66)40-24-34(51)26-58(40)49(68)42(28(2)60)57-46(65)39(19-12-30-10-16-36(62)17-11-30)55-48(67)41-25-35(52)27-59(41)50(69)43(29(3)61)56-45(38)64/h10-11,13-18,22-23,28-29,34-35,38-43,60-62H,4-9,12,19-21,24-27,51-52H2,1-3H3,(H,53,66)(H,54,63)(H,55,67)(H,56,64)(H,57,65)/t28-,29+,34-,35-,38-,39-,40-,41-,42-,43-/m0/s1. The predicted octanol–water partition coefficient (Wildman–Crippen LogP) is 0.218. The van der Waals surface area contributed by atoms with Gasteiger partial charge in [-0.1, -0.05) is 50.5 Å². The van der Waals surface area contributed by atoms with Crippen LogP contribution in [0, 0.1) is 0 Å². The summed E-state index contributed by atoms with van der Waals surface area (Å²) in [7, 11) is 0. The molecule has 12 N–H and O–H groups in total. The molecular weight excluding hydrogens is 903 g/mol. The van der Waals surface area contributed by atoms with E-state index in [1.807, 2.05) is 18.2 Å². The number of carbonyl (C=O) groups is 7. The van der Waals surface area contributed by atoms with Crippen LogP contribution in [-0.2, 0) is 35.2 Å². The average molecular weight is 972 g/mol. The Hall–Kier alpha value is -6.35. The number of nitrogens with zero attached hydrogens (tertiary/aromatic N) is 2. The zero-order valence-electron chi connectivity index (χ0n) is 40.1. The van der Waals surface area contributed by atoms with Crippen LogP contribution >= 0.6 is 0 Å². The van der Waals surface area contributed by atoms with E-state index < -0.39 is 102 Å². The highest BCUT2D eigenvalue weighted by Crippen LogP contribution is 2.25. The fraction of sp³-hybridized carbons (Fsp3) is 0.540. The minimum absolute atomic E-state index is 0.0170. The fourth-order valence-electron chi connectivity index (χ4n) is 9.19. The van der Waals surface area contributed by atoms with Crippen molar-refractivity contribution in [1.29, 1.82) is 0 Å². The van der Waals surface area contributed by atoms with Gasteiger partial charge < -0.3 is 67.9 Å². The molecule has 0 spiro atoms. The van der Waals surface area contributed by atoms with E-state index in [1.54, 1.807) is 30.3 Å². The van der Waals surface area contributed by atoms with Gasteiger partial charge in [0.2, 0.25) is 35.4 Å². The van der Waals surface area contributed by atoms with Gasteiger partial charge in [-0.3, -0.25) is 33.6 Å². The molecule has 20 heteroatoms. The number of aryl methyl sites for hydroxylation is 1. The van der Waals surface area contributed by atoms with E-state index in [0.29, 0.717) is 17.9 Å². The third-order valence-electron chi connectivity index (χ3n) is 13.2. The third-order valence-corrected chi connectivity index (χ3v) is 13.2. The van der Waals surface area contributed by atoms with Crippen molar-refractivity contribution in [3.05, 3.63) is 71.8 Å². The molecule has 3 fully saturated rings. The first-order valence-electron chi connectivity index (χ1n) is 24.4. The second kappa shape index (κ2) is 24.5. The minimum atomic E-state index is -1.62. The molecule has 0 bridgehead atoms. The number of nitrogens with two attached hydrogens (primary N) is 2. The van der Waals surface area contributed by atoms with E-state index in [-0.39, 0.29) is 69.5 Å². The Labute approximate surface area is 407 Å². The molecule has 70 heavy (non-hydrogen) atoms. The lowest BCUT2D eigenvalue weighted by atomic mass is 10.0. The number of carbonyl (C=O) groups excluding carboxylic acids is 7. The van der Waals surface area contributed by atoms with Gasteiger partial charge in [0.25, 0.3) is 5.91 Å². The number of hydrogen-bond acceptors (Lipinski definition) is 13. The van der Waals surface area contributed by atoms with Gasteiger partial charge in [0.1, 0.15) is 47.8 Å². The first-order chi connectivity index (χ1) is 33.4. The molecule has 3 aromatic rings. The SMILES string of the molecule is CCCCCCOc1ccc2cc(C(=O)N[C@H]3CCCNC(=O)[C@@H]4C[C@H](N)CN4C(=O)[C@H]([C@H](C)O)NC(=O)[C@H](CCc4ccc(O)cc4)NC(=O)[C@@H]4C[C@H](N)CN4C(=O)[C@H]([C@@H](C)O)NC3=O)ccc2c1. The number of aliphatic hydroxyl groups excluding tert-OH is 2. The highest BCUT2D eigenvalue weighted by atomic mass is 16.5. The molecular formula is C50H69N9O11. The number of phenolic OH excluding ortho intramolecular Hbond substituents is 1. The molecule has 3 aromatic carbocycles. The fourth-order valence-corrected chi connectivity index (χ4v) is 9.19. The van der Waals surface area contributed by atoms with Crippen LogP contribution in [0.2, 0.25) is 0 Å². The van der Waals surface area contributed by atoms with Gasteiger partial charge in [-0.25, -0.2) is 0 Å². The van der Waals surface area contributed by atoms with E-state index in [0.717, 1.165) is 41.4 Å². The number of amides is 7. The van der Waals surface area contributed by atoms with Crippen LogP contribution in [0.5, 0.6) is 11.5 Å². The molecule has 3 heterocycles. The van der Waals surface area contributed by atoms with Crippen molar-refractivity contribution in [2.24, 2.45) is 11.5 Å². The number of hydrogen-bond donors (Lipinski definition) is 10. The summed E-state index contributed by atoms with van der Waals surface area (Å²) in [6.45, 7) is 5.09. The molecule has 0 radical (unpaired) electrons. The molecule has 0 aromatic heterocycles. The Balaban J connectivity index is 1.28. The van der Waals surface area contributed by atoms with Crippen LogP contribution in [0.15, 0.2) is 60.7 Å². The van der Waals surface area contributed by atoms with E-state index in [4.69, 9.17) is 16.2 Å². The number of phenols is 1. The van der Waals surface area contributed by atoms with E-state index in [2.05, 4.69) is 33.5 Å². The van der Waals surface area contributed by atoms with Crippen molar-refractivity contribution in [2.75, 3.05) is 26.2 Å². The monoisotopic (exact) mass is 972 g/mol. The molecule has 0 aliphatic carbocycles. The number of rotatable bonds is 13. The molecule has 0 saturated carbocycles. The maximum absolute atomic E-state index is 14.4. The first-order valence-corrected chi connectivity index (χ1v) is 24.4. The zero-order valence-corrected chi connectivity index (χ0v) is 40.1. The van der Waals surface area contributed by atoms with Crippen LogP contribution in [0.1, 0.15) is 94.5 Å². The van der Waals surface area contributed by atoms with E-state index in [9.17, 15) is 48.9 Å². The maximum Gasteiger partial charge on any atom is 0.251 e. The molecule has 3 aliphatic heterocycles. The summed E-state index contributed by atoms with van der Waals surface area (Å²) in [6.07, 6.45) is 1.55. The summed E-state index contributed by atoms with van der Waals surface area (Å²) < 4.78 is 5.94. The van der Waals surface area contributed by atoms with Crippen LogP contribution in [0.25, 0.3) is 10.8 Å². The number of unbranched alkanes of at least 4 members (excludes halogenated alkanes) is 3. The van der Waals surface area contributed by atoms with Crippen LogP contribution in [-0.4, -0.2) is 153 Å². The molecule has 6 rings (SSSR count). The second-order valence-electron chi connectivity index (χ2n) is 18.8. The molecule has 3 saturated heterocycles. The highest BCUT2D eigenvalue weighted by molar-refractivity contribution is 6.02. The summed E-state index contributed by atoms with van der Waals surface area (Å²) in [5, 5.41) is 46.8. The normalized spacial score (nSPS) is 26.2. The number of benzene rings is 3. The van der Waals surface area contributed by atoms with Gasteiger partial charge >= 0.3 is 0 Å². The molecule has 380 valence electrons. The van der Waals surface area contributed by atoms with Gasteiger partial charge in [-0.2, -0.15) is 0 Å². The molecule has 20 nitrogen and oxygen atoms in total. The number of nitrogens with one attached hydrogen (secondary N) is 5. The average Bonchev–Trinajstić information content (AvgIpc) is 3.93. The zero-order chi connectivity index (χ0) is 50.6. The lowest BCUT2D eigenvalue weighted by molar-refractivity contribution is -0.145. The molecule has 0 unspecified atom stereocenters. The molecule has 7 amide bonds. The van der Waals surface area contributed by atoms with E-state index in [1.165, 1.54) is 30.9 Å². The lowest BCUT2D eigenvalue weighted by Crippen LogP contribution is -2.61. The molecule has 10 atom stereocenters. The Bertz CT molecular complexity index is 2350. The number of aliphatic hydroxyl groups is 2. The maximum atomic E-state index is 14.4.